The fourth-order valence-electron chi connectivity index (χ4n) is 3.69. The van der Waals surface area contributed by atoms with E-state index in [1.807, 2.05) is 0 Å². The lowest BCUT2D eigenvalue weighted by molar-refractivity contribution is -0.151. The van der Waals surface area contributed by atoms with Crippen LogP contribution in [0.25, 0.3) is 6.08 Å². The summed E-state index contributed by atoms with van der Waals surface area (Å²) >= 11 is 17.6. The fourth-order valence-corrected chi connectivity index (χ4v) is 4.30. The highest BCUT2D eigenvalue weighted by atomic mass is 35.5. The zero-order valence-electron chi connectivity index (χ0n) is 17.2. The average molecular weight is 543 g/mol. The van der Waals surface area contributed by atoms with Crippen LogP contribution in [0.5, 0.6) is 0 Å². The molecule has 0 bridgehead atoms. The number of rotatable bonds is 5. The van der Waals surface area contributed by atoms with E-state index in [0.29, 0.717) is 18.4 Å². The molecule has 2 nitrogen and oxygen atoms in total. The van der Waals surface area contributed by atoms with Crippen LogP contribution in [0.4, 0.5) is 26.3 Å². The molecule has 2 unspecified atom stereocenters. The van der Waals surface area contributed by atoms with E-state index in [-0.39, 0.29) is 26.5 Å². The number of hydrogen-bond donors (Lipinski definition) is 0. The second-order valence-corrected chi connectivity index (χ2v) is 8.94. The van der Waals surface area contributed by atoms with E-state index in [0.717, 1.165) is 29.3 Å². The number of fused-ring (bicyclic) bond motifs is 1. The number of alkyl halides is 6. The molecule has 2 aromatic carbocycles. The summed E-state index contributed by atoms with van der Waals surface area (Å²) in [6, 6.07) is 7.20. The van der Waals surface area contributed by atoms with Gasteiger partial charge in [0.05, 0.1) is 21.0 Å². The number of benzene rings is 2. The summed E-state index contributed by atoms with van der Waals surface area (Å²) in [7, 11) is 0. The normalized spacial score (nSPS) is 17.5. The van der Waals surface area contributed by atoms with Crippen molar-refractivity contribution in [3.8, 4) is 0 Å². The fraction of sp³-hybridized carbons (Fsp3) is 0.304. The lowest BCUT2D eigenvalue weighted by Crippen LogP contribution is -2.19. The molecule has 0 saturated carbocycles. The molecular formula is C23H16Cl3F6NO. The quantitative estimate of drug-likeness (QED) is 0.211. The van der Waals surface area contributed by atoms with Gasteiger partial charge >= 0.3 is 12.4 Å². The molecule has 0 aromatic heterocycles. The van der Waals surface area contributed by atoms with Crippen LogP contribution in [0.15, 0.2) is 41.4 Å². The number of halogens is 9. The van der Waals surface area contributed by atoms with Crippen molar-refractivity contribution in [1.29, 1.82) is 0 Å². The molecule has 0 aliphatic heterocycles. The Balaban J connectivity index is 1.80. The van der Waals surface area contributed by atoms with Crippen molar-refractivity contribution in [2.75, 3.05) is 0 Å². The van der Waals surface area contributed by atoms with E-state index in [4.69, 9.17) is 34.8 Å². The molecule has 1 aliphatic rings. The Morgan fingerprint density at radius 1 is 1.06 bits per heavy atom. The third-order valence-corrected chi connectivity index (χ3v) is 6.44. The van der Waals surface area contributed by atoms with Crippen LogP contribution in [0.1, 0.15) is 46.9 Å². The average Bonchev–Trinajstić information content (AvgIpc) is 3.10. The van der Waals surface area contributed by atoms with Crippen LogP contribution in [0.2, 0.25) is 15.1 Å². The SMILES string of the molecule is O=C(CC(F)(F)F)/N=C/C1CCc2cc(/C=C/C(c3cc(Cl)c(Cl)c(Cl)c3)C(F)(F)F)ccc21. The minimum absolute atomic E-state index is 0.0335. The molecule has 2 aromatic rings. The van der Waals surface area contributed by atoms with Crippen molar-refractivity contribution >= 4 is 53.0 Å². The van der Waals surface area contributed by atoms with E-state index in [9.17, 15) is 31.1 Å². The van der Waals surface area contributed by atoms with E-state index in [1.54, 1.807) is 18.2 Å². The van der Waals surface area contributed by atoms with E-state index >= 15 is 0 Å². The van der Waals surface area contributed by atoms with Crippen molar-refractivity contribution in [3.63, 3.8) is 0 Å². The van der Waals surface area contributed by atoms with Crippen LogP contribution in [0.3, 0.4) is 0 Å². The number of carbonyl (C=O) groups is 1. The first-order valence-corrected chi connectivity index (χ1v) is 11.0. The number of allylic oxidation sites excluding steroid dienone is 1. The van der Waals surface area contributed by atoms with Gasteiger partial charge in [0.15, 0.2) is 0 Å². The molecule has 0 fully saturated rings. The molecule has 34 heavy (non-hydrogen) atoms. The second kappa shape index (κ2) is 10.3. The highest BCUT2D eigenvalue weighted by molar-refractivity contribution is 6.48. The second-order valence-electron chi connectivity index (χ2n) is 7.74. The zero-order chi connectivity index (χ0) is 25.3. The third-order valence-electron chi connectivity index (χ3n) is 5.24. The van der Waals surface area contributed by atoms with Crippen molar-refractivity contribution in [2.24, 2.45) is 4.99 Å². The Hall–Kier alpha value is -2.03. The lowest BCUT2D eigenvalue weighted by atomic mass is 9.96. The molecule has 0 saturated heterocycles. The van der Waals surface area contributed by atoms with Crippen molar-refractivity contribution in [1.82, 2.24) is 0 Å². The Morgan fingerprint density at radius 2 is 1.71 bits per heavy atom. The Bertz CT molecular complexity index is 1120. The standard InChI is InChI=1S/C23H16Cl3F6NO/c24-18-8-15(9-19(25)21(18)26)17(23(30,31)32)6-2-12-1-5-16-13(7-12)3-4-14(16)11-33-20(34)10-22(27,28)29/h1-2,5-9,11,14,17H,3-4,10H2/b6-2+,33-11+. The molecule has 1 amide bonds. The first kappa shape index (κ1) is 26.6. The van der Waals surface area contributed by atoms with Crippen molar-refractivity contribution in [3.05, 3.63) is 73.7 Å². The first-order valence-electron chi connectivity index (χ1n) is 9.90. The number of amides is 1. The lowest BCUT2D eigenvalue weighted by Gasteiger charge is -2.18. The Labute approximate surface area is 206 Å². The van der Waals surface area contributed by atoms with Crippen LogP contribution in [-0.4, -0.2) is 24.5 Å². The molecule has 182 valence electrons. The summed E-state index contributed by atoms with van der Waals surface area (Å²) in [6.45, 7) is 0. The topological polar surface area (TPSA) is 29.4 Å². The largest absolute Gasteiger partial charge is 0.399 e. The summed E-state index contributed by atoms with van der Waals surface area (Å²) < 4.78 is 77.9. The van der Waals surface area contributed by atoms with Gasteiger partial charge in [-0.2, -0.15) is 26.3 Å². The molecule has 2 atom stereocenters. The van der Waals surface area contributed by atoms with Crippen LogP contribution in [0, 0.1) is 0 Å². The van der Waals surface area contributed by atoms with Gasteiger partial charge in [-0.1, -0.05) is 65.2 Å². The molecule has 0 spiro atoms. The van der Waals surface area contributed by atoms with Gasteiger partial charge in [-0.25, -0.2) is 4.99 Å². The molecular weight excluding hydrogens is 527 g/mol. The number of carbonyl (C=O) groups excluding carboxylic acids is 1. The van der Waals surface area contributed by atoms with Gasteiger partial charge in [0.1, 0.15) is 6.42 Å². The smallest absolute Gasteiger partial charge is 0.272 e. The molecule has 0 N–H and O–H groups in total. The maximum absolute atomic E-state index is 13.7. The summed E-state index contributed by atoms with van der Waals surface area (Å²) in [6.07, 6.45) is -6.28. The summed E-state index contributed by atoms with van der Waals surface area (Å²) in [5.41, 5.74) is 1.93. The van der Waals surface area contributed by atoms with Gasteiger partial charge in [-0.3, -0.25) is 4.79 Å². The third kappa shape index (κ3) is 6.77. The number of aliphatic imine (C=N–C) groups is 1. The summed E-state index contributed by atoms with van der Waals surface area (Å²) in [5, 5.41) is -0.217. The Kier molecular flexibility index (Phi) is 8.05. The first-order chi connectivity index (χ1) is 15.7. The number of hydrogen-bond acceptors (Lipinski definition) is 1. The summed E-state index contributed by atoms with van der Waals surface area (Å²) in [4.78, 5) is 14.7. The molecule has 0 heterocycles. The maximum Gasteiger partial charge on any atom is 0.399 e. The minimum atomic E-state index is -4.62. The zero-order valence-corrected chi connectivity index (χ0v) is 19.4. The van der Waals surface area contributed by atoms with Crippen molar-refractivity contribution < 1.29 is 31.1 Å². The molecule has 1 aliphatic carbocycles. The van der Waals surface area contributed by atoms with E-state index in [2.05, 4.69) is 4.99 Å². The molecule has 3 rings (SSSR count). The highest BCUT2D eigenvalue weighted by Gasteiger charge is 2.39. The molecule has 0 radical (unpaired) electrons. The highest BCUT2D eigenvalue weighted by Crippen LogP contribution is 2.41. The van der Waals surface area contributed by atoms with Crippen molar-refractivity contribution in [2.45, 2.75) is 43.5 Å². The minimum Gasteiger partial charge on any atom is -0.272 e. The number of aryl methyl sites for hydroxylation is 1. The van der Waals surface area contributed by atoms with E-state index < -0.39 is 30.6 Å². The predicted octanol–water partition coefficient (Wildman–Crippen LogP) is 8.59. The Morgan fingerprint density at radius 3 is 2.29 bits per heavy atom. The van der Waals surface area contributed by atoms with Crippen LogP contribution in [-0.2, 0) is 11.2 Å². The molecule has 11 heteroatoms. The van der Waals surface area contributed by atoms with Gasteiger partial charge < -0.3 is 0 Å². The van der Waals surface area contributed by atoms with Gasteiger partial charge in [0.25, 0.3) is 5.91 Å². The predicted molar refractivity (Wildman–Crippen MR) is 121 cm³/mol. The maximum atomic E-state index is 13.7. The van der Waals surface area contributed by atoms with Gasteiger partial charge in [0, 0.05) is 12.1 Å². The number of nitrogens with zero attached hydrogens (tertiary/aromatic N) is 1. The van der Waals surface area contributed by atoms with Gasteiger partial charge in [0.2, 0.25) is 0 Å². The van der Waals surface area contributed by atoms with E-state index in [1.165, 1.54) is 12.3 Å². The monoisotopic (exact) mass is 541 g/mol. The summed E-state index contributed by atoms with van der Waals surface area (Å²) in [5.74, 6) is -3.60. The van der Waals surface area contributed by atoms with Gasteiger partial charge in [-0.05, 0) is 47.2 Å². The van der Waals surface area contributed by atoms with Crippen LogP contribution < -0.4 is 0 Å². The van der Waals surface area contributed by atoms with Gasteiger partial charge in [-0.15, -0.1) is 0 Å². The van der Waals surface area contributed by atoms with Crippen LogP contribution >= 0.6 is 34.8 Å².